The van der Waals surface area contributed by atoms with Gasteiger partial charge in [0.1, 0.15) is 5.75 Å². The molecule has 0 fully saturated rings. The van der Waals surface area contributed by atoms with E-state index in [1.54, 1.807) is 6.07 Å². The molecule has 0 saturated carbocycles. The predicted octanol–water partition coefficient (Wildman–Crippen LogP) is 3.25. The van der Waals surface area contributed by atoms with Crippen molar-refractivity contribution in [3.63, 3.8) is 0 Å². The Morgan fingerprint density at radius 2 is 1.90 bits per heavy atom. The number of aromatic hydroxyl groups is 1. The Labute approximate surface area is 91.1 Å². The smallest absolute Gasteiger partial charge is 0.136 e. The van der Waals surface area contributed by atoms with Crippen LogP contribution in [0.4, 0.5) is 0 Å². The molecule has 0 radical (unpaired) electrons. The molecule has 0 aromatic heterocycles. The first-order valence-corrected chi connectivity index (χ1v) is 4.98. The van der Waals surface area contributed by atoms with E-state index in [2.05, 4.69) is 45.2 Å². The Kier molecular flexibility index (Phi) is 3.05. The van der Waals surface area contributed by atoms with Gasteiger partial charge in [0.2, 0.25) is 0 Å². The molecule has 0 aliphatic carbocycles. The molecule has 0 bridgehead atoms. The van der Waals surface area contributed by atoms with Gasteiger partial charge in [-0.1, -0.05) is 11.6 Å². The molecule has 1 nitrogen and oxygen atoms in total. The first-order chi connectivity index (χ1) is 4.61. The van der Waals surface area contributed by atoms with Crippen LogP contribution in [-0.2, 0) is 0 Å². The molecule has 0 aliphatic rings. The second-order valence-electron chi connectivity index (χ2n) is 1.72. The summed E-state index contributed by atoms with van der Waals surface area (Å²) >= 11 is 9.89. The summed E-state index contributed by atoms with van der Waals surface area (Å²) < 4.78 is 1.87. The highest BCUT2D eigenvalue weighted by Gasteiger charge is 2.03. The Balaban J connectivity index is 3.31. The van der Waals surface area contributed by atoms with E-state index in [0.717, 1.165) is 7.14 Å². The molecule has 0 heterocycles. The Hall–Kier alpha value is 0.770. The first kappa shape index (κ1) is 8.86. The van der Waals surface area contributed by atoms with Crippen LogP contribution in [0.1, 0.15) is 0 Å². The lowest BCUT2D eigenvalue weighted by molar-refractivity contribution is 0.474. The van der Waals surface area contributed by atoms with Crippen molar-refractivity contribution in [3.8, 4) is 5.75 Å². The van der Waals surface area contributed by atoms with Crippen LogP contribution in [0.3, 0.4) is 0 Å². The normalized spacial score (nSPS) is 9.90. The van der Waals surface area contributed by atoms with Crippen LogP contribution in [0, 0.1) is 7.14 Å². The van der Waals surface area contributed by atoms with Crippen LogP contribution in [0.15, 0.2) is 12.1 Å². The fraction of sp³-hybridized carbons (Fsp3) is 0. The highest BCUT2D eigenvalue weighted by Crippen LogP contribution is 2.30. The molecular weight excluding hydrogens is 377 g/mol. The van der Waals surface area contributed by atoms with E-state index in [0.29, 0.717) is 5.02 Å². The molecule has 0 aliphatic heterocycles. The van der Waals surface area contributed by atoms with Crippen molar-refractivity contribution in [2.75, 3.05) is 0 Å². The number of hydrogen-bond acceptors (Lipinski definition) is 1. The van der Waals surface area contributed by atoms with Crippen molar-refractivity contribution in [1.29, 1.82) is 0 Å². The molecule has 0 saturated heterocycles. The lowest BCUT2D eigenvalue weighted by atomic mass is 10.3. The minimum absolute atomic E-state index is 0.151. The van der Waals surface area contributed by atoms with E-state index in [4.69, 9.17) is 16.7 Å². The van der Waals surface area contributed by atoms with Gasteiger partial charge in [0.05, 0.1) is 5.02 Å². The van der Waals surface area contributed by atoms with Crippen LogP contribution in [0.25, 0.3) is 0 Å². The van der Waals surface area contributed by atoms with Crippen molar-refractivity contribution in [2.24, 2.45) is 0 Å². The number of hydrogen-bond donors (Lipinski definition) is 1. The second-order valence-corrected chi connectivity index (χ2v) is 4.51. The van der Waals surface area contributed by atoms with E-state index in [1.165, 1.54) is 0 Å². The van der Waals surface area contributed by atoms with E-state index >= 15 is 0 Å². The maximum Gasteiger partial charge on any atom is 0.136 e. The van der Waals surface area contributed by atoms with Crippen molar-refractivity contribution >= 4 is 56.8 Å². The fourth-order valence-electron chi connectivity index (χ4n) is 0.542. The molecule has 54 valence electrons. The van der Waals surface area contributed by atoms with E-state index < -0.39 is 0 Å². The summed E-state index contributed by atoms with van der Waals surface area (Å²) in [5.74, 6) is 0.151. The Bertz CT molecular complexity index is 239. The van der Waals surface area contributed by atoms with Crippen LogP contribution in [-0.4, -0.2) is 5.11 Å². The Morgan fingerprint density at radius 1 is 1.30 bits per heavy atom. The predicted molar refractivity (Wildman–Crippen MR) is 58.6 cm³/mol. The summed E-state index contributed by atoms with van der Waals surface area (Å²) in [5, 5.41) is 9.57. The largest absolute Gasteiger partial charge is 0.506 e. The van der Waals surface area contributed by atoms with Crippen molar-refractivity contribution in [1.82, 2.24) is 0 Å². The number of halogens is 3. The quantitative estimate of drug-likeness (QED) is 0.541. The fourth-order valence-corrected chi connectivity index (χ4v) is 2.47. The van der Waals surface area contributed by atoms with E-state index in [1.807, 2.05) is 6.07 Å². The minimum Gasteiger partial charge on any atom is -0.506 e. The number of phenols is 1. The molecule has 10 heavy (non-hydrogen) atoms. The third-order valence-corrected chi connectivity index (χ3v) is 3.16. The van der Waals surface area contributed by atoms with Gasteiger partial charge in [-0.05, 0) is 57.3 Å². The maximum absolute atomic E-state index is 9.14. The van der Waals surface area contributed by atoms with Crippen molar-refractivity contribution in [2.45, 2.75) is 0 Å². The van der Waals surface area contributed by atoms with Gasteiger partial charge in [-0.3, -0.25) is 0 Å². The number of benzene rings is 1. The standard InChI is InChI=1S/C6H3ClI2O/c7-6-4(9)1-3(8)2-5(6)10/h1-2,10H. The molecule has 0 atom stereocenters. The summed E-state index contributed by atoms with van der Waals surface area (Å²) in [5.41, 5.74) is 0. The minimum atomic E-state index is 0.151. The van der Waals surface area contributed by atoms with Gasteiger partial charge >= 0.3 is 0 Å². The lowest BCUT2D eigenvalue weighted by Crippen LogP contribution is -1.77. The zero-order valence-corrected chi connectivity index (χ0v) is 9.81. The van der Waals surface area contributed by atoms with Crippen LogP contribution >= 0.6 is 56.8 Å². The molecule has 0 spiro atoms. The summed E-state index contributed by atoms with van der Waals surface area (Å²) in [7, 11) is 0. The first-order valence-electron chi connectivity index (χ1n) is 2.45. The molecule has 1 N–H and O–H groups in total. The average Bonchev–Trinajstić information content (AvgIpc) is 1.82. The molecule has 1 aromatic rings. The molecule has 4 heteroatoms. The van der Waals surface area contributed by atoms with E-state index in [9.17, 15) is 0 Å². The zero-order valence-electron chi connectivity index (χ0n) is 4.74. The molecular formula is C6H3ClI2O. The summed E-state index contributed by atoms with van der Waals surface area (Å²) in [6, 6.07) is 3.54. The third-order valence-electron chi connectivity index (χ3n) is 0.974. The van der Waals surface area contributed by atoms with Crippen molar-refractivity contribution in [3.05, 3.63) is 24.3 Å². The van der Waals surface area contributed by atoms with Gasteiger partial charge in [-0.15, -0.1) is 0 Å². The lowest BCUT2D eigenvalue weighted by Gasteiger charge is -1.99. The molecule has 1 aromatic carbocycles. The van der Waals surface area contributed by atoms with Crippen LogP contribution < -0.4 is 0 Å². The topological polar surface area (TPSA) is 20.2 Å². The van der Waals surface area contributed by atoms with Gasteiger partial charge in [-0.2, -0.15) is 0 Å². The van der Waals surface area contributed by atoms with Gasteiger partial charge in [0.15, 0.2) is 0 Å². The van der Waals surface area contributed by atoms with Crippen LogP contribution in [0.2, 0.25) is 5.02 Å². The highest BCUT2D eigenvalue weighted by atomic mass is 127. The van der Waals surface area contributed by atoms with Gasteiger partial charge < -0.3 is 5.11 Å². The monoisotopic (exact) mass is 380 g/mol. The third kappa shape index (κ3) is 1.88. The summed E-state index contributed by atoms with van der Waals surface area (Å²) in [6.07, 6.45) is 0. The SMILES string of the molecule is Oc1cc(I)cc(I)c1Cl. The molecule has 0 unspecified atom stereocenters. The van der Waals surface area contributed by atoms with Crippen LogP contribution in [0.5, 0.6) is 5.75 Å². The molecule has 1 rings (SSSR count). The van der Waals surface area contributed by atoms with Gasteiger partial charge in [-0.25, -0.2) is 0 Å². The maximum atomic E-state index is 9.14. The number of phenolic OH excluding ortho intramolecular Hbond substituents is 1. The summed E-state index contributed by atoms with van der Waals surface area (Å²) in [4.78, 5) is 0. The molecule has 0 amide bonds. The van der Waals surface area contributed by atoms with Gasteiger partial charge in [0.25, 0.3) is 0 Å². The van der Waals surface area contributed by atoms with E-state index in [-0.39, 0.29) is 5.75 Å². The zero-order chi connectivity index (χ0) is 7.72. The van der Waals surface area contributed by atoms with Gasteiger partial charge in [0, 0.05) is 7.14 Å². The highest BCUT2D eigenvalue weighted by molar-refractivity contribution is 14.1. The summed E-state index contributed by atoms with van der Waals surface area (Å²) in [6.45, 7) is 0. The Morgan fingerprint density at radius 3 is 2.40 bits per heavy atom. The average molecular weight is 380 g/mol. The second kappa shape index (κ2) is 3.44. The number of rotatable bonds is 0. The van der Waals surface area contributed by atoms with Crippen molar-refractivity contribution < 1.29 is 5.11 Å².